The normalized spacial score (nSPS) is 24.6. The molecule has 0 aromatic heterocycles. The Morgan fingerprint density at radius 3 is 2.41 bits per heavy atom. The Hall–Kier alpha value is -0.570. The van der Waals surface area contributed by atoms with Crippen molar-refractivity contribution >= 4 is 5.91 Å². The molecule has 17 heavy (non-hydrogen) atoms. The first-order valence-corrected chi connectivity index (χ1v) is 7.27. The minimum Gasteiger partial charge on any atom is -0.353 e. The summed E-state index contributed by atoms with van der Waals surface area (Å²) in [5.41, 5.74) is 5.84. The zero-order valence-electron chi connectivity index (χ0n) is 11.2. The van der Waals surface area contributed by atoms with Crippen LogP contribution in [-0.2, 0) is 4.79 Å². The van der Waals surface area contributed by atoms with Crippen LogP contribution in [0.4, 0.5) is 0 Å². The molecule has 0 aromatic carbocycles. The molecule has 0 aliphatic heterocycles. The second kappa shape index (κ2) is 8.51. The summed E-state index contributed by atoms with van der Waals surface area (Å²) in [6.07, 6.45) is 11.0. The smallest absolute Gasteiger partial charge is 0.220 e. The lowest BCUT2D eigenvalue weighted by Gasteiger charge is -2.26. The largest absolute Gasteiger partial charge is 0.353 e. The van der Waals surface area contributed by atoms with Crippen LogP contribution < -0.4 is 11.1 Å². The lowest BCUT2D eigenvalue weighted by atomic mass is 9.92. The molecule has 1 amide bonds. The molecule has 0 saturated heterocycles. The second-order valence-electron chi connectivity index (χ2n) is 5.34. The highest BCUT2D eigenvalue weighted by atomic mass is 16.1. The van der Waals surface area contributed by atoms with E-state index >= 15 is 0 Å². The molecular formula is C14H28N2O. The Morgan fingerprint density at radius 1 is 1.12 bits per heavy atom. The second-order valence-corrected chi connectivity index (χ2v) is 5.34. The van der Waals surface area contributed by atoms with Crippen LogP contribution >= 0.6 is 0 Å². The van der Waals surface area contributed by atoms with Gasteiger partial charge in [0.2, 0.25) is 5.91 Å². The van der Waals surface area contributed by atoms with Gasteiger partial charge in [-0.2, -0.15) is 0 Å². The lowest BCUT2D eigenvalue weighted by molar-refractivity contribution is -0.122. The van der Waals surface area contributed by atoms with Gasteiger partial charge in [-0.15, -0.1) is 0 Å². The number of nitrogens with one attached hydrogen (secondary N) is 1. The Balaban J connectivity index is 2.00. The highest BCUT2D eigenvalue weighted by Gasteiger charge is 2.19. The van der Waals surface area contributed by atoms with Crippen molar-refractivity contribution in [1.29, 1.82) is 0 Å². The molecule has 0 unspecified atom stereocenters. The summed E-state index contributed by atoms with van der Waals surface area (Å²) >= 11 is 0. The Labute approximate surface area is 106 Å². The first-order valence-electron chi connectivity index (χ1n) is 7.27. The number of hydrogen-bond donors (Lipinski definition) is 2. The minimum absolute atomic E-state index is 0.238. The maximum Gasteiger partial charge on any atom is 0.220 e. The van der Waals surface area contributed by atoms with Gasteiger partial charge in [-0.3, -0.25) is 4.79 Å². The van der Waals surface area contributed by atoms with Crippen LogP contribution in [0.1, 0.15) is 71.1 Å². The Morgan fingerprint density at radius 2 is 1.76 bits per heavy atom. The van der Waals surface area contributed by atoms with Gasteiger partial charge in [-0.25, -0.2) is 0 Å². The molecule has 3 N–H and O–H groups in total. The predicted molar refractivity (Wildman–Crippen MR) is 71.8 cm³/mol. The number of carbonyl (C=O) groups is 1. The molecule has 3 nitrogen and oxygen atoms in total. The van der Waals surface area contributed by atoms with Crippen LogP contribution in [0.25, 0.3) is 0 Å². The van der Waals surface area contributed by atoms with E-state index in [-0.39, 0.29) is 5.91 Å². The van der Waals surface area contributed by atoms with Gasteiger partial charge < -0.3 is 11.1 Å². The molecule has 0 atom stereocenters. The van der Waals surface area contributed by atoms with Crippen LogP contribution in [0.5, 0.6) is 0 Å². The van der Waals surface area contributed by atoms with Gasteiger partial charge in [0.1, 0.15) is 0 Å². The molecule has 1 aliphatic carbocycles. The monoisotopic (exact) mass is 240 g/mol. The van der Waals surface area contributed by atoms with E-state index in [9.17, 15) is 4.79 Å². The van der Waals surface area contributed by atoms with Crippen molar-refractivity contribution < 1.29 is 4.79 Å². The average molecular weight is 240 g/mol. The average Bonchev–Trinajstić information content (AvgIpc) is 2.32. The maximum absolute atomic E-state index is 11.7. The molecular weight excluding hydrogens is 212 g/mol. The predicted octanol–water partition coefficient (Wildman–Crippen LogP) is 2.73. The van der Waals surface area contributed by atoms with E-state index in [1.54, 1.807) is 0 Å². The molecule has 0 bridgehead atoms. The molecule has 1 saturated carbocycles. The number of unbranched alkanes of at least 4 members (excludes halogenated alkanes) is 4. The molecule has 100 valence electrons. The molecule has 1 aliphatic rings. The fourth-order valence-corrected chi connectivity index (χ4v) is 2.45. The van der Waals surface area contributed by atoms with E-state index in [2.05, 4.69) is 12.2 Å². The highest BCUT2D eigenvalue weighted by Crippen LogP contribution is 2.17. The van der Waals surface area contributed by atoms with Crippen molar-refractivity contribution in [3.8, 4) is 0 Å². The third-order valence-electron chi connectivity index (χ3n) is 3.64. The van der Waals surface area contributed by atoms with E-state index in [1.165, 1.54) is 25.7 Å². The van der Waals surface area contributed by atoms with Gasteiger partial charge in [0.25, 0.3) is 0 Å². The fraction of sp³-hybridized carbons (Fsp3) is 0.929. The molecule has 1 rings (SSSR count). The third kappa shape index (κ3) is 6.67. The van der Waals surface area contributed by atoms with E-state index in [1.807, 2.05) is 0 Å². The fourth-order valence-electron chi connectivity index (χ4n) is 2.45. The van der Waals surface area contributed by atoms with Crippen molar-refractivity contribution in [2.45, 2.75) is 83.2 Å². The number of rotatable bonds is 7. The summed E-state index contributed by atoms with van der Waals surface area (Å²) in [5, 5.41) is 3.14. The SMILES string of the molecule is CCCCCCCC(=O)NC1CCC(N)CC1. The van der Waals surface area contributed by atoms with Crippen LogP contribution in [-0.4, -0.2) is 18.0 Å². The van der Waals surface area contributed by atoms with Gasteiger partial charge in [0, 0.05) is 18.5 Å². The van der Waals surface area contributed by atoms with Gasteiger partial charge in [-0.05, 0) is 32.1 Å². The van der Waals surface area contributed by atoms with E-state index in [0.29, 0.717) is 18.5 Å². The zero-order chi connectivity index (χ0) is 12.5. The van der Waals surface area contributed by atoms with Gasteiger partial charge in [0.05, 0.1) is 0 Å². The molecule has 0 aromatic rings. The van der Waals surface area contributed by atoms with Crippen molar-refractivity contribution in [2.24, 2.45) is 5.73 Å². The molecule has 1 fully saturated rings. The quantitative estimate of drug-likeness (QED) is 0.672. The van der Waals surface area contributed by atoms with Gasteiger partial charge in [0.15, 0.2) is 0 Å². The van der Waals surface area contributed by atoms with E-state index < -0.39 is 0 Å². The number of nitrogens with two attached hydrogens (primary N) is 1. The summed E-state index contributed by atoms with van der Waals surface area (Å²) in [5.74, 6) is 0.238. The van der Waals surface area contributed by atoms with Crippen LogP contribution in [0.2, 0.25) is 0 Å². The summed E-state index contributed by atoms with van der Waals surface area (Å²) < 4.78 is 0. The number of amides is 1. The summed E-state index contributed by atoms with van der Waals surface area (Å²) in [7, 11) is 0. The summed E-state index contributed by atoms with van der Waals surface area (Å²) in [6.45, 7) is 2.21. The standard InChI is InChI=1S/C14H28N2O/c1-2-3-4-5-6-7-14(17)16-13-10-8-12(15)9-11-13/h12-13H,2-11,15H2,1H3,(H,16,17). The van der Waals surface area contributed by atoms with Crippen LogP contribution in [0, 0.1) is 0 Å². The third-order valence-corrected chi connectivity index (χ3v) is 3.64. The van der Waals surface area contributed by atoms with Crippen molar-refractivity contribution in [1.82, 2.24) is 5.32 Å². The molecule has 0 spiro atoms. The Bertz CT molecular complexity index is 210. The summed E-state index contributed by atoms with van der Waals surface area (Å²) in [4.78, 5) is 11.7. The molecule has 0 heterocycles. The zero-order valence-corrected chi connectivity index (χ0v) is 11.2. The maximum atomic E-state index is 11.7. The number of carbonyl (C=O) groups excluding carboxylic acids is 1. The minimum atomic E-state index is 0.238. The topological polar surface area (TPSA) is 55.1 Å². The molecule has 0 radical (unpaired) electrons. The first-order chi connectivity index (χ1) is 8.22. The number of hydrogen-bond acceptors (Lipinski definition) is 2. The molecule has 3 heteroatoms. The van der Waals surface area contributed by atoms with Crippen LogP contribution in [0.3, 0.4) is 0 Å². The highest BCUT2D eigenvalue weighted by molar-refractivity contribution is 5.76. The Kier molecular flexibility index (Phi) is 7.25. The van der Waals surface area contributed by atoms with Crippen molar-refractivity contribution in [3.05, 3.63) is 0 Å². The first kappa shape index (κ1) is 14.5. The van der Waals surface area contributed by atoms with Crippen molar-refractivity contribution in [2.75, 3.05) is 0 Å². The van der Waals surface area contributed by atoms with Gasteiger partial charge in [-0.1, -0.05) is 32.6 Å². The van der Waals surface area contributed by atoms with E-state index in [0.717, 1.165) is 32.1 Å². The summed E-state index contributed by atoms with van der Waals surface area (Å²) in [6, 6.07) is 0.745. The van der Waals surface area contributed by atoms with E-state index in [4.69, 9.17) is 5.73 Å². The van der Waals surface area contributed by atoms with Crippen LogP contribution in [0.15, 0.2) is 0 Å². The van der Waals surface area contributed by atoms with Gasteiger partial charge >= 0.3 is 0 Å². The lowest BCUT2D eigenvalue weighted by Crippen LogP contribution is -2.40. The van der Waals surface area contributed by atoms with Crippen molar-refractivity contribution in [3.63, 3.8) is 0 Å².